The Bertz CT molecular complexity index is 1350. The third kappa shape index (κ3) is 9.88. The fourth-order valence-corrected chi connectivity index (χ4v) is 4.53. The maximum Gasteiger partial charge on any atom is 0.416 e. The van der Waals surface area contributed by atoms with Crippen molar-refractivity contribution in [3.05, 3.63) is 58.6 Å². The van der Waals surface area contributed by atoms with Crippen LogP contribution < -0.4 is 10.4 Å². The quantitative estimate of drug-likeness (QED) is 0.123. The molecule has 0 aliphatic heterocycles. The first-order valence-corrected chi connectivity index (χ1v) is 14.8. The Morgan fingerprint density at radius 3 is 2.17 bits per heavy atom. The highest BCUT2D eigenvalue weighted by Gasteiger charge is 2.30. The Morgan fingerprint density at radius 1 is 0.929 bits per heavy atom. The number of pyridine rings is 1. The Balaban J connectivity index is 1.36. The first kappa shape index (κ1) is 33.1. The molecule has 0 bridgehead atoms. The van der Waals surface area contributed by atoms with Gasteiger partial charge in [0, 0.05) is 11.6 Å². The normalized spacial score (nSPS) is 12.2. The summed E-state index contributed by atoms with van der Waals surface area (Å²) in [5.41, 5.74) is -1.19. The van der Waals surface area contributed by atoms with E-state index in [0.29, 0.717) is 30.1 Å². The third-order valence-electron chi connectivity index (χ3n) is 7.30. The van der Waals surface area contributed by atoms with Gasteiger partial charge in [-0.05, 0) is 75.3 Å². The molecule has 0 fully saturated rings. The summed E-state index contributed by atoms with van der Waals surface area (Å²) in [5.74, 6) is 0.675. The van der Waals surface area contributed by atoms with Crippen LogP contribution >= 0.6 is 0 Å². The van der Waals surface area contributed by atoms with Crippen LogP contribution in [0.2, 0.25) is 0 Å². The molecule has 0 N–H and O–H groups in total. The monoisotopic (exact) mass is 589 g/mol. The van der Waals surface area contributed by atoms with E-state index in [4.69, 9.17) is 13.9 Å². The minimum atomic E-state index is -4.45. The first-order valence-electron chi connectivity index (χ1n) is 14.8. The lowest BCUT2D eigenvalue weighted by molar-refractivity contribution is -0.154. The number of hydrogen-bond acceptors (Lipinski definition) is 6. The lowest BCUT2D eigenvalue weighted by Crippen LogP contribution is -2.27. The summed E-state index contributed by atoms with van der Waals surface area (Å²) in [7, 11) is 0. The molecule has 0 atom stereocenters. The fourth-order valence-electron chi connectivity index (χ4n) is 4.53. The van der Waals surface area contributed by atoms with Crippen molar-refractivity contribution >= 4 is 16.9 Å². The molecule has 0 aliphatic carbocycles. The van der Waals surface area contributed by atoms with Crippen LogP contribution in [0.25, 0.3) is 22.1 Å². The molecule has 3 rings (SSSR count). The number of unbranched alkanes of at least 4 members (excludes halogenated alkanes) is 6. The zero-order chi connectivity index (χ0) is 30.8. The van der Waals surface area contributed by atoms with Gasteiger partial charge in [-0.2, -0.15) is 13.2 Å². The van der Waals surface area contributed by atoms with Crippen LogP contribution in [0, 0.1) is 11.3 Å². The highest BCUT2D eigenvalue weighted by Crippen LogP contribution is 2.32. The molecular weight excluding hydrogens is 547 g/mol. The Hall–Kier alpha value is -3.36. The number of carbonyl (C=O) groups is 1. The van der Waals surface area contributed by atoms with Crippen molar-refractivity contribution in [2.24, 2.45) is 11.3 Å². The van der Waals surface area contributed by atoms with Crippen LogP contribution in [0.4, 0.5) is 13.2 Å². The predicted octanol–water partition coefficient (Wildman–Crippen LogP) is 8.99. The van der Waals surface area contributed by atoms with Crippen molar-refractivity contribution in [1.82, 2.24) is 4.98 Å². The Labute approximate surface area is 245 Å². The zero-order valence-corrected chi connectivity index (χ0v) is 25.0. The minimum absolute atomic E-state index is 0.109. The number of benzene rings is 1. The van der Waals surface area contributed by atoms with E-state index in [1.54, 1.807) is 12.1 Å². The largest absolute Gasteiger partial charge is 0.475 e. The van der Waals surface area contributed by atoms with Gasteiger partial charge in [0.1, 0.15) is 0 Å². The Kier molecular flexibility index (Phi) is 12.0. The van der Waals surface area contributed by atoms with E-state index in [9.17, 15) is 22.8 Å². The molecule has 42 heavy (non-hydrogen) atoms. The number of rotatable bonds is 16. The number of halogens is 3. The smallest absolute Gasteiger partial charge is 0.416 e. The maximum atomic E-state index is 12.9. The second-order valence-corrected chi connectivity index (χ2v) is 11.8. The van der Waals surface area contributed by atoms with Gasteiger partial charge in [-0.3, -0.25) is 4.79 Å². The lowest BCUT2D eigenvalue weighted by atomic mass is 9.85. The summed E-state index contributed by atoms with van der Waals surface area (Å²) in [4.78, 5) is 29.2. The van der Waals surface area contributed by atoms with Gasteiger partial charge >= 0.3 is 17.8 Å². The molecule has 2 heterocycles. The van der Waals surface area contributed by atoms with Gasteiger partial charge in [0.25, 0.3) is 5.88 Å². The van der Waals surface area contributed by atoms with Crippen molar-refractivity contribution in [2.75, 3.05) is 13.2 Å². The highest BCUT2D eigenvalue weighted by molar-refractivity contribution is 5.84. The van der Waals surface area contributed by atoms with Gasteiger partial charge in [0.2, 0.25) is 0 Å². The average Bonchev–Trinajstić information content (AvgIpc) is 2.94. The second kappa shape index (κ2) is 15.2. The summed E-state index contributed by atoms with van der Waals surface area (Å²) >= 11 is 0. The third-order valence-corrected chi connectivity index (χ3v) is 7.30. The number of aromatic nitrogens is 1. The molecule has 0 amide bonds. The number of ether oxygens (including phenoxy) is 2. The molecule has 2 aromatic heterocycles. The summed E-state index contributed by atoms with van der Waals surface area (Å²) in [6.07, 6.45) is 5.83. The van der Waals surface area contributed by atoms with Crippen molar-refractivity contribution in [3.63, 3.8) is 0 Å². The molecule has 6 nitrogen and oxygen atoms in total. The predicted molar refractivity (Wildman–Crippen MR) is 157 cm³/mol. The molecule has 0 aliphatic rings. The van der Waals surface area contributed by atoms with Gasteiger partial charge in [-0.25, -0.2) is 9.78 Å². The molecular formula is C33H42F3NO5. The van der Waals surface area contributed by atoms with Gasteiger partial charge in [0.05, 0.1) is 29.8 Å². The maximum absolute atomic E-state index is 12.9. The van der Waals surface area contributed by atoms with E-state index in [0.717, 1.165) is 69.9 Å². The number of carbonyl (C=O) groups excluding carboxylic acids is 1. The fraction of sp³-hybridized carbons (Fsp3) is 0.545. The molecule has 0 saturated heterocycles. The number of nitrogens with zero attached hydrogens (tertiary/aromatic N) is 1. The van der Waals surface area contributed by atoms with E-state index >= 15 is 0 Å². The minimum Gasteiger partial charge on any atom is -0.475 e. The number of alkyl halides is 3. The second-order valence-electron chi connectivity index (χ2n) is 11.8. The molecule has 0 radical (unpaired) electrons. The first-order chi connectivity index (χ1) is 19.9. The van der Waals surface area contributed by atoms with Crippen molar-refractivity contribution in [2.45, 2.75) is 91.7 Å². The number of hydrogen-bond donors (Lipinski definition) is 0. The van der Waals surface area contributed by atoms with E-state index < -0.39 is 22.8 Å². The SMILES string of the molecule is CC(C)CCC(C)(C)C(=O)OCCCCCCCCCOc1nccc2cc(-c3ccc(C(F)(F)F)cc3)c(=O)oc12. The van der Waals surface area contributed by atoms with Crippen molar-refractivity contribution < 1.29 is 31.9 Å². The van der Waals surface area contributed by atoms with Crippen molar-refractivity contribution in [3.8, 4) is 17.0 Å². The van der Waals surface area contributed by atoms with Crippen LogP contribution in [0.1, 0.15) is 91.0 Å². The molecule has 230 valence electrons. The molecule has 0 spiro atoms. The summed E-state index contributed by atoms with van der Waals surface area (Å²) in [6.45, 7) is 9.11. The highest BCUT2D eigenvalue weighted by atomic mass is 19.4. The number of esters is 1. The van der Waals surface area contributed by atoms with Gasteiger partial charge in [0.15, 0.2) is 5.58 Å². The Morgan fingerprint density at radius 2 is 1.55 bits per heavy atom. The summed E-state index contributed by atoms with van der Waals surface area (Å²) in [5, 5.41) is 0.569. The zero-order valence-electron chi connectivity index (χ0n) is 25.0. The number of fused-ring (bicyclic) bond motifs is 1. The van der Waals surface area contributed by atoms with Crippen LogP contribution in [0.5, 0.6) is 5.88 Å². The van der Waals surface area contributed by atoms with E-state index in [2.05, 4.69) is 18.8 Å². The van der Waals surface area contributed by atoms with Crippen LogP contribution in [-0.4, -0.2) is 24.2 Å². The topological polar surface area (TPSA) is 78.6 Å². The lowest BCUT2D eigenvalue weighted by Gasteiger charge is -2.23. The van der Waals surface area contributed by atoms with E-state index in [1.807, 2.05) is 13.8 Å². The summed E-state index contributed by atoms with van der Waals surface area (Å²) < 4.78 is 55.4. The standard InChI is InChI=1S/C33H42F3NO5/c1-23(2)16-18-32(3,4)31(39)41-21-11-9-7-5-6-8-10-20-40-29-28-25(17-19-37-29)22-27(30(38)42-28)24-12-14-26(15-13-24)33(34,35)36/h12-15,17,19,22-23H,5-11,16,18,20-21H2,1-4H3. The van der Waals surface area contributed by atoms with Gasteiger partial charge in [-0.15, -0.1) is 0 Å². The van der Waals surface area contributed by atoms with E-state index in [1.165, 1.54) is 18.3 Å². The van der Waals surface area contributed by atoms with E-state index in [-0.39, 0.29) is 23.0 Å². The molecule has 1 aromatic carbocycles. The van der Waals surface area contributed by atoms with Crippen LogP contribution in [0.15, 0.2) is 51.8 Å². The molecule has 9 heteroatoms. The van der Waals surface area contributed by atoms with Crippen LogP contribution in [0.3, 0.4) is 0 Å². The molecule has 0 unspecified atom stereocenters. The average molecular weight is 590 g/mol. The molecule has 3 aromatic rings. The van der Waals surface area contributed by atoms with Gasteiger partial charge in [-0.1, -0.05) is 58.1 Å². The van der Waals surface area contributed by atoms with Crippen molar-refractivity contribution in [1.29, 1.82) is 0 Å². The summed E-state index contributed by atoms with van der Waals surface area (Å²) in [6, 6.07) is 7.62. The van der Waals surface area contributed by atoms with Gasteiger partial charge < -0.3 is 13.9 Å². The molecule has 0 saturated carbocycles. The van der Waals surface area contributed by atoms with Crippen LogP contribution in [-0.2, 0) is 15.7 Å².